The zero-order chi connectivity index (χ0) is 14.1. The van der Waals surface area contributed by atoms with Gasteiger partial charge < -0.3 is 15.1 Å². The minimum absolute atomic E-state index is 0.669. The topological polar surface area (TPSA) is 18.5 Å². The lowest BCUT2D eigenvalue weighted by atomic mass is 9.94. The average molecular weight is 273 g/mol. The van der Waals surface area contributed by atoms with Crippen LogP contribution in [0.1, 0.15) is 24.5 Å². The van der Waals surface area contributed by atoms with Gasteiger partial charge in [-0.2, -0.15) is 0 Å². The highest BCUT2D eigenvalue weighted by atomic mass is 15.1. The van der Waals surface area contributed by atoms with Crippen LogP contribution in [0.15, 0.2) is 18.2 Å². The molecule has 0 saturated carbocycles. The molecule has 2 atom stereocenters. The Hall–Kier alpha value is -1.06. The van der Waals surface area contributed by atoms with Gasteiger partial charge in [-0.3, -0.25) is 0 Å². The van der Waals surface area contributed by atoms with E-state index in [1.807, 2.05) is 0 Å². The van der Waals surface area contributed by atoms with Gasteiger partial charge in [0.15, 0.2) is 0 Å². The fourth-order valence-corrected chi connectivity index (χ4v) is 3.64. The number of nitrogens with zero attached hydrogens (tertiary/aromatic N) is 2. The first-order valence-corrected chi connectivity index (χ1v) is 7.88. The molecule has 0 amide bonds. The van der Waals surface area contributed by atoms with Crippen LogP contribution in [0.3, 0.4) is 0 Å². The zero-order valence-electron chi connectivity index (χ0n) is 13.0. The predicted molar refractivity (Wildman–Crippen MR) is 85.3 cm³/mol. The molecule has 0 spiro atoms. The molecule has 3 heteroatoms. The van der Waals surface area contributed by atoms with Gasteiger partial charge in [0.25, 0.3) is 0 Å². The number of fused-ring (bicyclic) bond motifs is 1. The van der Waals surface area contributed by atoms with Crippen LogP contribution in [0.25, 0.3) is 0 Å². The molecule has 3 nitrogen and oxygen atoms in total. The molecule has 2 unspecified atom stereocenters. The van der Waals surface area contributed by atoms with Crippen molar-refractivity contribution in [3.8, 4) is 0 Å². The van der Waals surface area contributed by atoms with E-state index in [0.717, 1.165) is 19.0 Å². The van der Waals surface area contributed by atoms with Crippen molar-refractivity contribution in [1.29, 1.82) is 0 Å². The van der Waals surface area contributed by atoms with Crippen molar-refractivity contribution >= 4 is 5.69 Å². The van der Waals surface area contributed by atoms with Gasteiger partial charge in [-0.05, 0) is 49.5 Å². The largest absolute Gasteiger partial charge is 0.374 e. The van der Waals surface area contributed by atoms with Crippen LogP contribution >= 0.6 is 0 Å². The molecule has 3 rings (SSSR count). The van der Waals surface area contributed by atoms with Crippen molar-refractivity contribution in [2.75, 3.05) is 38.6 Å². The molecule has 20 heavy (non-hydrogen) atoms. The van der Waals surface area contributed by atoms with Crippen LogP contribution in [-0.2, 0) is 13.0 Å². The first-order chi connectivity index (χ1) is 9.63. The molecule has 0 aliphatic carbocycles. The number of likely N-dealkylation sites (N-methyl/N-ethyl adjacent to an activating group) is 1. The highest BCUT2D eigenvalue weighted by molar-refractivity contribution is 5.58. The Morgan fingerprint density at radius 2 is 2.10 bits per heavy atom. The number of rotatable bonds is 3. The summed E-state index contributed by atoms with van der Waals surface area (Å²) < 4.78 is 0. The second-order valence-electron chi connectivity index (χ2n) is 6.65. The van der Waals surface area contributed by atoms with Crippen LogP contribution in [-0.4, -0.2) is 44.7 Å². The summed E-state index contributed by atoms with van der Waals surface area (Å²) >= 11 is 0. The van der Waals surface area contributed by atoms with Crippen molar-refractivity contribution in [3.05, 3.63) is 29.3 Å². The van der Waals surface area contributed by atoms with Gasteiger partial charge in [-0.15, -0.1) is 0 Å². The normalized spacial score (nSPS) is 26.9. The maximum absolute atomic E-state index is 3.77. The van der Waals surface area contributed by atoms with Gasteiger partial charge in [0.2, 0.25) is 0 Å². The van der Waals surface area contributed by atoms with Crippen molar-refractivity contribution in [1.82, 2.24) is 10.2 Å². The molecule has 0 aromatic heterocycles. The van der Waals surface area contributed by atoms with E-state index in [1.54, 1.807) is 0 Å². The molecule has 0 bridgehead atoms. The van der Waals surface area contributed by atoms with Crippen molar-refractivity contribution in [3.63, 3.8) is 0 Å². The fraction of sp³-hybridized carbons (Fsp3) is 0.647. The molecule has 2 aliphatic heterocycles. The highest BCUT2D eigenvalue weighted by Crippen LogP contribution is 2.27. The number of piperidine rings is 1. The molecule has 1 N–H and O–H groups in total. The van der Waals surface area contributed by atoms with Crippen LogP contribution < -0.4 is 10.2 Å². The Morgan fingerprint density at radius 1 is 1.25 bits per heavy atom. The van der Waals surface area contributed by atoms with E-state index in [2.05, 4.69) is 54.3 Å². The quantitative estimate of drug-likeness (QED) is 0.910. The van der Waals surface area contributed by atoms with E-state index in [-0.39, 0.29) is 0 Å². The van der Waals surface area contributed by atoms with Crippen LogP contribution in [0.5, 0.6) is 0 Å². The molecule has 1 aromatic carbocycles. The molecule has 2 heterocycles. The number of anilines is 1. The molecule has 110 valence electrons. The number of nitrogens with one attached hydrogen (secondary N) is 1. The maximum atomic E-state index is 3.77. The second-order valence-corrected chi connectivity index (χ2v) is 6.65. The lowest BCUT2D eigenvalue weighted by Crippen LogP contribution is -2.46. The Morgan fingerprint density at radius 3 is 2.90 bits per heavy atom. The maximum Gasteiger partial charge on any atom is 0.0397 e. The summed E-state index contributed by atoms with van der Waals surface area (Å²) in [4.78, 5) is 4.79. The summed E-state index contributed by atoms with van der Waals surface area (Å²) in [6.45, 7) is 6.97. The average Bonchev–Trinajstić information content (AvgIpc) is 2.79. The van der Waals surface area contributed by atoms with Crippen LogP contribution in [0.4, 0.5) is 5.69 Å². The first kappa shape index (κ1) is 13.9. The third-order valence-corrected chi connectivity index (χ3v) is 4.95. The van der Waals surface area contributed by atoms with E-state index < -0.39 is 0 Å². The minimum atomic E-state index is 0.669. The van der Waals surface area contributed by atoms with E-state index >= 15 is 0 Å². The van der Waals surface area contributed by atoms with Gasteiger partial charge in [0.1, 0.15) is 0 Å². The number of benzene rings is 1. The summed E-state index contributed by atoms with van der Waals surface area (Å²) in [5, 5.41) is 3.77. The SMILES string of the molecule is CC1CN(C)CCC1NCc1ccc2c(c1)CCN2C. The third-order valence-electron chi connectivity index (χ3n) is 4.95. The molecule has 2 aliphatic rings. The van der Waals surface area contributed by atoms with E-state index in [1.165, 1.54) is 42.7 Å². The summed E-state index contributed by atoms with van der Waals surface area (Å²) in [6, 6.07) is 7.64. The van der Waals surface area contributed by atoms with Crippen molar-refractivity contribution < 1.29 is 0 Å². The zero-order valence-corrected chi connectivity index (χ0v) is 13.0. The molecular formula is C17H27N3. The number of hydrogen-bond donors (Lipinski definition) is 1. The Kier molecular flexibility index (Phi) is 3.99. The predicted octanol–water partition coefficient (Wildman–Crippen LogP) is 2.11. The molecule has 0 radical (unpaired) electrons. The van der Waals surface area contributed by atoms with Gasteiger partial charge in [0, 0.05) is 38.4 Å². The molecule has 1 fully saturated rings. The summed E-state index contributed by atoms with van der Waals surface area (Å²) in [5.74, 6) is 0.745. The van der Waals surface area contributed by atoms with Crippen LogP contribution in [0.2, 0.25) is 0 Å². The van der Waals surface area contributed by atoms with Crippen molar-refractivity contribution in [2.24, 2.45) is 5.92 Å². The fourth-order valence-electron chi connectivity index (χ4n) is 3.64. The van der Waals surface area contributed by atoms with Crippen molar-refractivity contribution in [2.45, 2.75) is 32.4 Å². The van der Waals surface area contributed by atoms with Gasteiger partial charge >= 0.3 is 0 Å². The summed E-state index contributed by atoms with van der Waals surface area (Å²) in [7, 11) is 4.41. The van der Waals surface area contributed by atoms with Crippen LogP contribution in [0, 0.1) is 5.92 Å². The van der Waals surface area contributed by atoms with E-state index in [4.69, 9.17) is 0 Å². The lowest BCUT2D eigenvalue weighted by molar-refractivity contribution is 0.174. The van der Waals surface area contributed by atoms with Gasteiger partial charge in [-0.1, -0.05) is 19.1 Å². The van der Waals surface area contributed by atoms with Gasteiger partial charge in [-0.25, -0.2) is 0 Å². The van der Waals surface area contributed by atoms with E-state index in [0.29, 0.717) is 6.04 Å². The summed E-state index contributed by atoms with van der Waals surface area (Å²) in [6.07, 6.45) is 2.47. The third kappa shape index (κ3) is 2.84. The first-order valence-electron chi connectivity index (χ1n) is 7.88. The second kappa shape index (κ2) is 5.74. The highest BCUT2D eigenvalue weighted by Gasteiger charge is 2.23. The molecule has 1 aromatic rings. The molecular weight excluding hydrogens is 246 g/mol. The Bertz CT molecular complexity index is 471. The summed E-state index contributed by atoms with van der Waals surface area (Å²) in [5.41, 5.74) is 4.37. The van der Waals surface area contributed by atoms with E-state index in [9.17, 15) is 0 Å². The molecule has 1 saturated heterocycles. The monoisotopic (exact) mass is 273 g/mol. The minimum Gasteiger partial charge on any atom is -0.374 e. The smallest absolute Gasteiger partial charge is 0.0397 e. The van der Waals surface area contributed by atoms with Gasteiger partial charge in [0.05, 0.1) is 0 Å². The Labute approximate surface area is 123 Å². The number of hydrogen-bond acceptors (Lipinski definition) is 3. The Balaban J connectivity index is 1.59. The standard InChI is InChI=1S/C17H27N3/c1-13-12-19(2)8-7-16(13)18-11-14-4-5-17-15(10-14)6-9-20(17)3/h4-5,10,13,16,18H,6-9,11-12H2,1-3H3. The lowest BCUT2D eigenvalue weighted by Gasteiger charge is -2.35. The number of likely N-dealkylation sites (tertiary alicyclic amines) is 1.